The molecule has 2 aromatic rings. The number of hydrogen-bond acceptors (Lipinski definition) is 3. The standard InChI is InChI=1S/C11H10N2O2/c1-7-10(11(14)15)8-5-3-4-6-9(8)12-13(7)2/h3-6H,1-2H3. The van der Waals surface area contributed by atoms with Crippen molar-refractivity contribution < 1.29 is 14.6 Å². The van der Waals surface area contributed by atoms with Crippen LogP contribution in [0.2, 0.25) is 0 Å². The van der Waals surface area contributed by atoms with Crippen molar-refractivity contribution in [2.75, 3.05) is 0 Å². The van der Waals surface area contributed by atoms with Gasteiger partial charge in [-0.05, 0) is 6.07 Å². The Hall–Kier alpha value is -1.97. The number of aromatic carboxylic acids is 1. The normalized spacial score (nSPS) is 10.5. The summed E-state index contributed by atoms with van der Waals surface area (Å²) in [5, 5.41) is 15.9. The van der Waals surface area contributed by atoms with E-state index in [1.54, 1.807) is 36.9 Å². The third-order valence-electron chi connectivity index (χ3n) is 2.48. The summed E-state index contributed by atoms with van der Waals surface area (Å²) in [5.41, 5.74) is 1.46. The molecule has 15 heavy (non-hydrogen) atoms. The van der Waals surface area contributed by atoms with E-state index in [4.69, 9.17) is 0 Å². The van der Waals surface area contributed by atoms with Gasteiger partial charge in [0.25, 0.3) is 0 Å². The summed E-state index contributed by atoms with van der Waals surface area (Å²) in [6, 6.07) is 7.13. The maximum absolute atomic E-state index is 11.0. The number of carboxylic acids is 1. The highest BCUT2D eigenvalue weighted by molar-refractivity contribution is 6.01. The molecule has 0 aliphatic carbocycles. The van der Waals surface area contributed by atoms with E-state index >= 15 is 0 Å². The molecule has 4 heteroatoms. The van der Waals surface area contributed by atoms with Gasteiger partial charge in [0, 0.05) is 17.4 Å². The number of carbonyl (C=O) groups is 1. The Balaban J connectivity index is 2.95. The van der Waals surface area contributed by atoms with Gasteiger partial charge in [0.1, 0.15) is 5.52 Å². The summed E-state index contributed by atoms with van der Waals surface area (Å²) in [6.07, 6.45) is 0. The number of carboxylic acid groups (broad SMARTS) is 1. The smallest absolute Gasteiger partial charge is 0.214 e. The van der Waals surface area contributed by atoms with Crippen LogP contribution < -0.4 is 9.79 Å². The first-order chi connectivity index (χ1) is 7.11. The molecular formula is C11H10N2O2. The number of carbonyl (C=O) groups excluding carboxylic acids is 1. The van der Waals surface area contributed by atoms with Crippen LogP contribution in [0.15, 0.2) is 24.3 Å². The molecule has 0 unspecified atom stereocenters. The van der Waals surface area contributed by atoms with Crippen molar-refractivity contribution in [2.45, 2.75) is 6.92 Å². The van der Waals surface area contributed by atoms with E-state index in [2.05, 4.69) is 5.10 Å². The summed E-state index contributed by atoms with van der Waals surface area (Å²) < 4.78 is 1.55. The largest absolute Gasteiger partial charge is 0.545 e. The Bertz CT molecular complexity index is 550. The van der Waals surface area contributed by atoms with Crippen molar-refractivity contribution in [3.63, 3.8) is 0 Å². The molecule has 0 aliphatic rings. The monoisotopic (exact) mass is 202 g/mol. The molecule has 0 spiro atoms. The van der Waals surface area contributed by atoms with Gasteiger partial charge in [-0.3, -0.25) is 0 Å². The Morgan fingerprint density at radius 2 is 2.07 bits per heavy atom. The first-order valence-electron chi connectivity index (χ1n) is 4.58. The molecule has 1 heterocycles. The maximum Gasteiger partial charge on any atom is 0.214 e. The number of benzene rings is 1. The van der Waals surface area contributed by atoms with E-state index in [0.717, 1.165) is 0 Å². The molecule has 0 amide bonds. The summed E-state index contributed by atoms with van der Waals surface area (Å²) in [4.78, 5) is 11.0. The number of hydrogen-bond donors (Lipinski definition) is 0. The maximum atomic E-state index is 11.0. The highest BCUT2D eigenvalue weighted by Gasteiger charge is 2.15. The minimum atomic E-state index is -1.17. The van der Waals surface area contributed by atoms with Gasteiger partial charge >= 0.3 is 0 Å². The van der Waals surface area contributed by atoms with Gasteiger partial charge in [0.15, 0.2) is 7.05 Å². The Kier molecular flexibility index (Phi) is 2.11. The topological polar surface area (TPSA) is 56.9 Å². The van der Waals surface area contributed by atoms with Crippen molar-refractivity contribution in [2.24, 2.45) is 7.05 Å². The first-order valence-corrected chi connectivity index (χ1v) is 4.58. The SMILES string of the molecule is Cc1c(C(=O)[O-])c2ccccc2n[n+]1C. The van der Waals surface area contributed by atoms with Gasteiger partial charge in [-0.1, -0.05) is 22.9 Å². The molecule has 76 valence electrons. The third kappa shape index (κ3) is 1.44. The molecule has 1 aromatic heterocycles. The van der Waals surface area contributed by atoms with E-state index < -0.39 is 5.97 Å². The highest BCUT2D eigenvalue weighted by Crippen LogP contribution is 2.16. The quantitative estimate of drug-likeness (QED) is 0.598. The lowest BCUT2D eigenvalue weighted by atomic mass is 10.1. The van der Waals surface area contributed by atoms with Crippen LogP contribution in [0.25, 0.3) is 10.9 Å². The van der Waals surface area contributed by atoms with Crippen LogP contribution in [0.4, 0.5) is 0 Å². The average molecular weight is 202 g/mol. The Labute approximate surface area is 86.8 Å². The first kappa shape index (κ1) is 9.58. The molecule has 0 radical (unpaired) electrons. The average Bonchev–Trinajstić information content (AvgIpc) is 2.19. The lowest BCUT2D eigenvalue weighted by Gasteiger charge is -2.07. The molecular weight excluding hydrogens is 192 g/mol. The minimum absolute atomic E-state index is 0.211. The lowest BCUT2D eigenvalue weighted by Crippen LogP contribution is -2.40. The van der Waals surface area contributed by atoms with Gasteiger partial charge in [-0.2, -0.15) is 0 Å². The van der Waals surface area contributed by atoms with E-state index in [9.17, 15) is 9.90 Å². The van der Waals surface area contributed by atoms with Gasteiger partial charge in [-0.15, -0.1) is 0 Å². The zero-order valence-corrected chi connectivity index (χ0v) is 8.52. The van der Waals surface area contributed by atoms with Crippen LogP contribution in [-0.2, 0) is 7.05 Å². The van der Waals surface area contributed by atoms with E-state index in [1.165, 1.54) is 0 Å². The zero-order valence-electron chi connectivity index (χ0n) is 8.52. The van der Waals surface area contributed by atoms with Crippen LogP contribution in [-0.4, -0.2) is 11.1 Å². The van der Waals surface area contributed by atoms with E-state index in [0.29, 0.717) is 16.6 Å². The van der Waals surface area contributed by atoms with Gasteiger partial charge in [-0.25, -0.2) is 0 Å². The Morgan fingerprint density at radius 3 is 2.73 bits per heavy atom. The van der Waals surface area contributed by atoms with Crippen LogP contribution in [0.3, 0.4) is 0 Å². The predicted molar refractivity (Wildman–Crippen MR) is 52.0 cm³/mol. The molecule has 0 saturated heterocycles. The second-order valence-corrected chi connectivity index (χ2v) is 3.39. The van der Waals surface area contributed by atoms with Crippen LogP contribution in [0, 0.1) is 6.92 Å². The van der Waals surface area contributed by atoms with Crippen LogP contribution >= 0.6 is 0 Å². The van der Waals surface area contributed by atoms with Gasteiger partial charge in [0.2, 0.25) is 5.69 Å². The van der Waals surface area contributed by atoms with Gasteiger partial charge < -0.3 is 9.90 Å². The second kappa shape index (κ2) is 3.31. The van der Waals surface area contributed by atoms with Crippen molar-refractivity contribution in [3.8, 4) is 0 Å². The van der Waals surface area contributed by atoms with Crippen molar-refractivity contribution >= 4 is 16.9 Å². The summed E-state index contributed by atoms with van der Waals surface area (Å²) >= 11 is 0. The molecule has 4 nitrogen and oxygen atoms in total. The molecule has 0 atom stereocenters. The fourth-order valence-corrected chi connectivity index (χ4v) is 1.62. The number of rotatable bonds is 1. The van der Waals surface area contributed by atoms with Crippen molar-refractivity contribution in [1.82, 2.24) is 5.10 Å². The molecule has 0 fully saturated rings. The van der Waals surface area contributed by atoms with Crippen molar-refractivity contribution in [3.05, 3.63) is 35.5 Å². The summed E-state index contributed by atoms with van der Waals surface area (Å²) in [6.45, 7) is 1.71. The van der Waals surface area contributed by atoms with Gasteiger partial charge in [0.05, 0.1) is 11.5 Å². The summed E-state index contributed by atoms with van der Waals surface area (Å²) in [5.74, 6) is -1.17. The molecule has 0 N–H and O–H groups in total. The molecule has 0 aliphatic heterocycles. The fraction of sp³-hybridized carbons (Fsp3) is 0.182. The lowest BCUT2D eigenvalue weighted by molar-refractivity contribution is -0.734. The van der Waals surface area contributed by atoms with Crippen molar-refractivity contribution in [1.29, 1.82) is 0 Å². The third-order valence-corrected chi connectivity index (χ3v) is 2.48. The van der Waals surface area contributed by atoms with E-state index in [-0.39, 0.29) is 5.56 Å². The molecule has 0 bridgehead atoms. The number of fused-ring (bicyclic) bond motifs is 1. The van der Waals surface area contributed by atoms with Crippen LogP contribution in [0.1, 0.15) is 16.1 Å². The minimum Gasteiger partial charge on any atom is -0.545 e. The number of nitrogens with zero attached hydrogens (tertiary/aromatic N) is 2. The molecule has 1 aromatic carbocycles. The second-order valence-electron chi connectivity index (χ2n) is 3.39. The predicted octanol–water partition coefficient (Wildman–Crippen LogP) is -0.269. The molecule has 0 saturated carbocycles. The fourth-order valence-electron chi connectivity index (χ4n) is 1.62. The van der Waals surface area contributed by atoms with E-state index in [1.807, 2.05) is 6.07 Å². The van der Waals surface area contributed by atoms with Crippen LogP contribution in [0.5, 0.6) is 0 Å². The zero-order chi connectivity index (χ0) is 11.0. The Morgan fingerprint density at radius 1 is 1.40 bits per heavy atom. The number of aryl methyl sites for hydroxylation is 1. The summed E-state index contributed by atoms with van der Waals surface area (Å²) in [7, 11) is 1.72. The highest BCUT2D eigenvalue weighted by atomic mass is 16.4. The number of aromatic nitrogens is 2. The molecule has 2 rings (SSSR count).